The van der Waals surface area contributed by atoms with Crippen molar-refractivity contribution >= 4 is 17.3 Å². The average molecular weight is 239 g/mol. The molecule has 1 N–H and O–H groups in total. The van der Waals surface area contributed by atoms with Gasteiger partial charge in [0.15, 0.2) is 11.6 Å². The maximum absolute atomic E-state index is 12.4. The molecule has 0 fully saturated rings. The van der Waals surface area contributed by atoms with Crippen molar-refractivity contribution in [3.63, 3.8) is 0 Å². The molecule has 0 radical (unpaired) electrons. The molecule has 1 aliphatic heterocycles. The first-order chi connectivity index (χ1) is 8.72. The Bertz CT molecular complexity index is 611. The maximum Gasteiger partial charge on any atom is 0.181 e. The fourth-order valence-corrected chi connectivity index (χ4v) is 2.48. The zero-order valence-electron chi connectivity index (χ0n) is 10.1. The van der Waals surface area contributed by atoms with Gasteiger partial charge >= 0.3 is 0 Å². The number of carbonyl (C=O) groups is 2. The van der Waals surface area contributed by atoms with E-state index in [-0.39, 0.29) is 11.6 Å². The summed E-state index contributed by atoms with van der Waals surface area (Å²) in [6.45, 7) is 1.93. The van der Waals surface area contributed by atoms with E-state index in [2.05, 4.69) is 5.32 Å². The summed E-state index contributed by atoms with van der Waals surface area (Å²) in [5, 5.41) is 3.18. The number of hydrogen-bond acceptors (Lipinski definition) is 3. The predicted octanol–water partition coefficient (Wildman–Crippen LogP) is 2.71. The van der Waals surface area contributed by atoms with E-state index < -0.39 is 5.92 Å². The van der Waals surface area contributed by atoms with Crippen LogP contribution in [0, 0.1) is 5.92 Å². The van der Waals surface area contributed by atoms with E-state index >= 15 is 0 Å². The van der Waals surface area contributed by atoms with Crippen molar-refractivity contribution in [2.45, 2.75) is 13.3 Å². The zero-order valence-corrected chi connectivity index (χ0v) is 10.1. The standard InChI is InChI=1S/C15H13NO2/c1-2-9-7-8-12-13(14(9)17)15(18)10-5-3-4-6-11(10)16-12/h3-8,13,16H,2H2,1H3. The van der Waals surface area contributed by atoms with Gasteiger partial charge in [-0.2, -0.15) is 0 Å². The van der Waals surface area contributed by atoms with Gasteiger partial charge in [0.25, 0.3) is 0 Å². The van der Waals surface area contributed by atoms with Crippen molar-refractivity contribution in [3.05, 3.63) is 53.3 Å². The van der Waals surface area contributed by atoms with Crippen LogP contribution in [-0.2, 0) is 4.79 Å². The maximum atomic E-state index is 12.4. The average Bonchev–Trinajstić information content (AvgIpc) is 2.39. The van der Waals surface area contributed by atoms with E-state index in [4.69, 9.17) is 0 Å². The molecule has 3 heteroatoms. The lowest BCUT2D eigenvalue weighted by Gasteiger charge is -2.29. The lowest BCUT2D eigenvalue weighted by atomic mass is 9.80. The lowest BCUT2D eigenvalue weighted by Crippen LogP contribution is -2.36. The number of hydrogen-bond donors (Lipinski definition) is 1. The number of anilines is 1. The SMILES string of the molecule is CCC1=CC=C2Nc3ccccc3C(=O)C2C1=O. The molecule has 1 unspecified atom stereocenters. The number of Topliss-reactive ketones (excluding diaryl/α,β-unsaturated/α-hetero) is 2. The first-order valence-corrected chi connectivity index (χ1v) is 6.07. The summed E-state index contributed by atoms with van der Waals surface area (Å²) in [4.78, 5) is 24.6. The second-order valence-corrected chi connectivity index (χ2v) is 4.50. The molecule has 0 spiro atoms. The summed E-state index contributed by atoms with van der Waals surface area (Å²) >= 11 is 0. The van der Waals surface area contributed by atoms with E-state index in [1.807, 2.05) is 37.3 Å². The molecule has 1 aliphatic carbocycles. The van der Waals surface area contributed by atoms with Gasteiger partial charge in [0.05, 0.1) is 0 Å². The van der Waals surface area contributed by atoms with E-state index in [0.29, 0.717) is 17.7 Å². The summed E-state index contributed by atoms with van der Waals surface area (Å²) in [6.07, 6.45) is 4.31. The molecule has 1 aromatic rings. The van der Waals surface area contributed by atoms with Gasteiger partial charge < -0.3 is 5.32 Å². The van der Waals surface area contributed by atoms with Gasteiger partial charge in [0.1, 0.15) is 5.92 Å². The number of rotatable bonds is 1. The first kappa shape index (κ1) is 11.0. The minimum Gasteiger partial charge on any atom is -0.357 e. The largest absolute Gasteiger partial charge is 0.357 e. The minimum atomic E-state index is -0.667. The second-order valence-electron chi connectivity index (χ2n) is 4.50. The smallest absolute Gasteiger partial charge is 0.181 e. The number of ketones is 2. The van der Waals surface area contributed by atoms with Gasteiger partial charge in [0.2, 0.25) is 0 Å². The Balaban J connectivity index is 2.12. The Labute approximate surface area is 105 Å². The van der Waals surface area contributed by atoms with Crippen LogP contribution in [0.15, 0.2) is 47.7 Å². The highest BCUT2D eigenvalue weighted by Crippen LogP contribution is 2.34. The Morgan fingerprint density at radius 2 is 1.89 bits per heavy atom. The van der Waals surface area contributed by atoms with Crippen LogP contribution in [0.4, 0.5) is 5.69 Å². The molecule has 90 valence electrons. The third-order valence-electron chi connectivity index (χ3n) is 3.47. The predicted molar refractivity (Wildman–Crippen MR) is 69.3 cm³/mol. The highest BCUT2D eigenvalue weighted by Gasteiger charge is 2.38. The molecule has 0 saturated heterocycles. The van der Waals surface area contributed by atoms with Gasteiger partial charge in [-0.15, -0.1) is 0 Å². The molecule has 1 heterocycles. The quantitative estimate of drug-likeness (QED) is 0.766. The fraction of sp³-hybridized carbons (Fsp3) is 0.200. The molecule has 1 aromatic carbocycles. The summed E-state index contributed by atoms with van der Waals surface area (Å²) in [5.74, 6) is -0.832. The van der Waals surface area contributed by atoms with Crippen molar-refractivity contribution in [3.8, 4) is 0 Å². The number of nitrogens with one attached hydrogen (secondary N) is 1. The summed E-state index contributed by atoms with van der Waals surface area (Å²) in [7, 11) is 0. The molecule has 3 rings (SSSR count). The Morgan fingerprint density at radius 1 is 1.11 bits per heavy atom. The van der Waals surface area contributed by atoms with Crippen LogP contribution in [0.2, 0.25) is 0 Å². The minimum absolute atomic E-state index is 0.0676. The highest BCUT2D eigenvalue weighted by atomic mass is 16.2. The molecule has 0 saturated carbocycles. The van der Waals surface area contributed by atoms with E-state index in [0.717, 1.165) is 11.3 Å². The van der Waals surface area contributed by atoms with Crippen LogP contribution in [0.5, 0.6) is 0 Å². The van der Waals surface area contributed by atoms with Gasteiger partial charge in [0, 0.05) is 16.9 Å². The van der Waals surface area contributed by atoms with Crippen molar-refractivity contribution in [1.82, 2.24) is 0 Å². The summed E-state index contributed by atoms with van der Waals surface area (Å²) in [6, 6.07) is 7.31. The second kappa shape index (κ2) is 3.95. The number of para-hydroxylation sites is 1. The lowest BCUT2D eigenvalue weighted by molar-refractivity contribution is -0.117. The number of allylic oxidation sites excluding steroid dienone is 4. The fourth-order valence-electron chi connectivity index (χ4n) is 2.48. The Hall–Kier alpha value is -2.16. The van der Waals surface area contributed by atoms with Crippen LogP contribution in [0.25, 0.3) is 0 Å². The number of benzene rings is 1. The van der Waals surface area contributed by atoms with Crippen LogP contribution in [0.1, 0.15) is 23.7 Å². The van der Waals surface area contributed by atoms with Gasteiger partial charge in [-0.05, 0) is 30.2 Å². The van der Waals surface area contributed by atoms with Crippen molar-refractivity contribution in [2.24, 2.45) is 5.92 Å². The van der Waals surface area contributed by atoms with Gasteiger partial charge in [-0.1, -0.05) is 25.1 Å². The normalized spacial score (nSPS) is 21.5. The molecule has 0 aromatic heterocycles. The molecule has 2 aliphatic rings. The molecule has 0 bridgehead atoms. The van der Waals surface area contributed by atoms with Crippen molar-refractivity contribution in [1.29, 1.82) is 0 Å². The molecule has 0 amide bonds. The first-order valence-electron chi connectivity index (χ1n) is 6.07. The third kappa shape index (κ3) is 1.44. The molecule has 18 heavy (non-hydrogen) atoms. The Morgan fingerprint density at radius 3 is 2.67 bits per heavy atom. The van der Waals surface area contributed by atoms with E-state index in [1.165, 1.54) is 0 Å². The molecule has 1 atom stereocenters. The number of fused-ring (bicyclic) bond motifs is 2. The van der Waals surface area contributed by atoms with Crippen LogP contribution >= 0.6 is 0 Å². The topological polar surface area (TPSA) is 46.2 Å². The highest BCUT2D eigenvalue weighted by molar-refractivity contribution is 6.22. The van der Waals surface area contributed by atoms with E-state index in [9.17, 15) is 9.59 Å². The number of carbonyl (C=O) groups excluding carboxylic acids is 2. The van der Waals surface area contributed by atoms with Gasteiger partial charge in [-0.25, -0.2) is 0 Å². The van der Waals surface area contributed by atoms with Crippen LogP contribution < -0.4 is 5.32 Å². The van der Waals surface area contributed by atoms with Crippen LogP contribution in [0.3, 0.4) is 0 Å². The summed E-state index contributed by atoms with van der Waals surface area (Å²) < 4.78 is 0. The Kier molecular flexibility index (Phi) is 2.40. The molecular formula is C15H13NO2. The third-order valence-corrected chi connectivity index (χ3v) is 3.47. The van der Waals surface area contributed by atoms with Gasteiger partial charge in [-0.3, -0.25) is 9.59 Å². The van der Waals surface area contributed by atoms with Crippen LogP contribution in [-0.4, -0.2) is 11.6 Å². The zero-order chi connectivity index (χ0) is 12.7. The summed E-state index contributed by atoms with van der Waals surface area (Å²) in [5.41, 5.74) is 2.80. The van der Waals surface area contributed by atoms with E-state index in [1.54, 1.807) is 6.07 Å². The molecule has 3 nitrogen and oxygen atoms in total. The van der Waals surface area contributed by atoms with Crippen molar-refractivity contribution in [2.75, 3.05) is 5.32 Å². The molecular weight excluding hydrogens is 226 g/mol. The van der Waals surface area contributed by atoms with Crippen molar-refractivity contribution < 1.29 is 9.59 Å². The monoisotopic (exact) mass is 239 g/mol.